The maximum absolute atomic E-state index is 11.6. The van der Waals surface area contributed by atoms with E-state index in [1.54, 1.807) is 13.8 Å². The van der Waals surface area contributed by atoms with Gasteiger partial charge in [0.2, 0.25) is 5.91 Å². The molecule has 0 saturated carbocycles. The minimum Gasteiger partial charge on any atom is -0.480 e. The van der Waals surface area contributed by atoms with E-state index >= 15 is 0 Å². The predicted octanol–water partition coefficient (Wildman–Crippen LogP) is -0.336. The molecule has 0 aromatic heterocycles. The van der Waals surface area contributed by atoms with Crippen LogP contribution < -0.4 is 5.32 Å². The molecule has 7 heteroatoms. The Morgan fingerprint density at radius 1 is 1.53 bits per heavy atom. The first-order chi connectivity index (χ1) is 7.93. The number of carbonyl (C=O) groups is 3. The van der Waals surface area contributed by atoms with Crippen LogP contribution in [0.1, 0.15) is 13.8 Å². The quantitative estimate of drug-likeness (QED) is 0.687. The van der Waals surface area contributed by atoms with E-state index in [0.717, 1.165) is 4.90 Å². The number of nitrogens with zero attached hydrogens (tertiary/aromatic N) is 1. The summed E-state index contributed by atoms with van der Waals surface area (Å²) < 4.78 is 4.61. The highest BCUT2D eigenvalue weighted by atomic mass is 16.6. The van der Waals surface area contributed by atoms with Gasteiger partial charge in [-0.05, 0) is 5.92 Å². The summed E-state index contributed by atoms with van der Waals surface area (Å²) in [6, 6.07) is -0.808. The maximum Gasteiger partial charge on any atom is 0.416 e. The number of cyclic esters (lactones) is 1. The van der Waals surface area contributed by atoms with Crippen LogP contribution in [0.3, 0.4) is 0 Å². The molecule has 0 aromatic carbocycles. The highest BCUT2D eigenvalue weighted by Crippen LogP contribution is 2.05. The number of carboxylic acid groups (broad SMARTS) is 1. The van der Waals surface area contributed by atoms with E-state index in [-0.39, 0.29) is 25.6 Å². The Balaban J connectivity index is 2.46. The van der Waals surface area contributed by atoms with Crippen molar-refractivity contribution in [2.24, 2.45) is 5.92 Å². The fourth-order valence-corrected chi connectivity index (χ4v) is 1.52. The molecular formula is C10H16N2O5. The standard InChI is InChI=1S/C10H16N2O5/c1-6(2)8(9(14)15)11-5-7(13)12-3-4-17-10(12)16/h6,8,11H,3-5H2,1-2H3,(H,14,15). The second kappa shape index (κ2) is 5.62. The van der Waals surface area contributed by atoms with Gasteiger partial charge in [-0.2, -0.15) is 0 Å². The molecule has 0 aromatic rings. The van der Waals surface area contributed by atoms with Gasteiger partial charge >= 0.3 is 12.1 Å². The Labute approximate surface area is 98.7 Å². The zero-order valence-corrected chi connectivity index (χ0v) is 9.80. The number of imide groups is 1. The van der Waals surface area contributed by atoms with E-state index < -0.39 is 24.0 Å². The van der Waals surface area contributed by atoms with E-state index in [1.807, 2.05) is 0 Å². The first-order valence-electron chi connectivity index (χ1n) is 5.36. The average Bonchev–Trinajstić information content (AvgIpc) is 2.63. The zero-order chi connectivity index (χ0) is 13.0. The zero-order valence-electron chi connectivity index (χ0n) is 9.80. The predicted molar refractivity (Wildman–Crippen MR) is 57.3 cm³/mol. The van der Waals surface area contributed by atoms with Crippen molar-refractivity contribution in [3.8, 4) is 0 Å². The third-order valence-corrected chi connectivity index (χ3v) is 2.47. The first-order valence-corrected chi connectivity index (χ1v) is 5.36. The van der Waals surface area contributed by atoms with Gasteiger partial charge in [-0.1, -0.05) is 13.8 Å². The lowest BCUT2D eigenvalue weighted by Crippen LogP contribution is -2.47. The van der Waals surface area contributed by atoms with Crippen LogP contribution >= 0.6 is 0 Å². The highest BCUT2D eigenvalue weighted by Gasteiger charge is 2.29. The molecule has 0 aliphatic carbocycles. The van der Waals surface area contributed by atoms with E-state index in [2.05, 4.69) is 10.1 Å². The second-order valence-electron chi connectivity index (χ2n) is 4.10. The Kier molecular flexibility index (Phi) is 4.45. The summed E-state index contributed by atoms with van der Waals surface area (Å²) in [5.74, 6) is -1.64. The van der Waals surface area contributed by atoms with Crippen LogP contribution in [0.15, 0.2) is 0 Å². The third-order valence-electron chi connectivity index (χ3n) is 2.47. The fourth-order valence-electron chi connectivity index (χ4n) is 1.52. The van der Waals surface area contributed by atoms with Crippen LogP contribution in [0.25, 0.3) is 0 Å². The number of carbonyl (C=O) groups excluding carboxylic acids is 2. The Bertz CT molecular complexity index is 329. The molecule has 1 atom stereocenters. The molecule has 2 N–H and O–H groups in total. The smallest absolute Gasteiger partial charge is 0.416 e. The fraction of sp³-hybridized carbons (Fsp3) is 0.700. The van der Waals surface area contributed by atoms with Crippen molar-refractivity contribution < 1.29 is 24.2 Å². The maximum atomic E-state index is 11.6. The highest BCUT2D eigenvalue weighted by molar-refractivity contribution is 5.94. The average molecular weight is 244 g/mol. The van der Waals surface area contributed by atoms with Crippen molar-refractivity contribution in [3.05, 3.63) is 0 Å². The molecule has 2 amide bonds. The monoisotopic (exact) mass is 244 g/mol. The van der Waals surface area contributed by atoms with Crippen LogP contribution in [0, 0.1) is 5.92 Å². The molecule has 0 radical (unpaired) electrons. The molecule has 1 rings (SSSR count). The Hall–Kier alpha value is -1.63. The number of ether oxygens (including phenoxy) is 1. The molecule has 1 fully saturated rings. The van der Waals surface area contributed by atoms with Crippen LogP contribution in [0.2, 0.25) is 0 Å². The number of hydrogen-bond donors (Lipinski definition) is 2. The van der Waals surface area contributed by atoms with Crippen molar-refractivity contribution in [1.82, 2.24) is 10.2 Å². The summed E-state index contributed by atoms with van der Waals surface area (Å²) in [6.45, 7) is 3.70. The van der Waals surface area contributed by atoms with Crippen molar-refractivity contribution in [1.29, 1.82) is 0 Å². The number of carboxylic acids is 1. The molecule has 17 heavy (non-hydrogen) atoms. The lowest BCUT2D eigenvalue weighted by atomic mass is 10.1. The summed E-state index contributed by atoms with van der Waals surface area (Å²) in [4.78, 5) is 34.5. The van der Waals surface area contributed by atoms with Crippen LogP contribution in [0.5, 0.6) is 0 Å². The molecule has 1 aliphatic heterocycles. The molecule has 1 saturated heterocycles. The van der Waals surface area contributed by atoms with Crippen LogP contribution in [-0.2, 0) is 14.3 Å². The van der Waals surface area contributed by atoms with Crippen LogP contribution in [-0.4, -0.2) is 53.7 Å². The van der Waals surface area contributed by atoms with Gasteiger partial charge in [0, 0.05) is 0 Å². The molecule has 1 aliphatic rings. The summed E-state index contributed by atoms with van der Waals surface area (Å²) in [6.07, 6.45) is -0.673. The number of hydrogen-bond acceptors (Lipinski definition) is 5. The lowest BCUT2D eigenvalue weighted by molar-refractivity contribution is -0.140. The molecule has 0 spiro atoms. The van der Waals surface area contributed by atoms with Gasteiger partial charge in [0.1, 0.15) is 12.6 Å². The van der Waals surface area contributed by atoms with Gasteiger partial charge in [-0.15, -0.1) is 0 Å². The lowest BCUT2D eigenvalue weighted by Gasteiger charge is -2.18. The summed E-state index contributed by atoms with van der Waals surface area (Å²) in [7, 11) is 0. The van der Waals surface area contributed by atoms with Crippen molar-refractivity contribution in [3.63, 3.8) is 0 Å². The molecule has 96 valence electrons. The van der Waals surface area contributed by atoms with E-state index in [1.165, 1.54) is 0 Å². The second-order valence-corrected chi connectivity index (χ2v) is 4.10. The van der Waals surface area contributed by atoms with Crippen molar-refractivity contribution >= 4 is 18.0 Å². The normalized spacial score (nSPS) is 17.1. The summed E-state index contributed by atoms with van der Waals surface area (Å²) in [5.41, 5.74) is 0. The molecule has 0 bridgehead atoms. The number of rotatable bonds is 5. The first kappa shape index (κ1) is 13.4. The number of aliphatic carboxylic acids is 1. The van der Waals surface area contributed by atoms with Gasteiger partial charge < -0.3 is 9.84 Å². The molecule has 7 nitrogen and oxygen atoms in total. The Morgan fingerprint density at radius 3 is 2.59 bits per heavy atom. The van der Waals surface area contributed by atoms with E-state index in [0.29, 0.717) is 0 Å². The van der Waals surface area contributed by atoms with Crippen molar-refractivity contribution in [2.75, 3.05) is 19.7 Å². The molecule has 1 unspecified atom stereocenters. The largest absolute Gasteiger partial charge is 0.480 e. The van der Waals surface area contributed by atoms with Gasteiger partial charge in [0.25, 0.3) is 0 Å². The van der Waals surface area contributed by atoms with Gasteiger partial charge in [0.15, 0.2) is 0 Å². The third kappa shape index (κ3) is 3.42. The summed E-state index contributed by atoms with van der Waals surface area (Å²) in [5, 5.41) is 11.5. The molecule has 1 heterocycles. The SMILES string of the molecule is CC(C)C(NCC(=O)N1CCOC1=O)C(=O)O. The number of amides is 2. The minimum atomic E-state index is -1.02. The number of nitrogens with one attached hydrogen (secondary N) is 1. The topological polar surface area (TPSA) is 95.9 Å². The minimum absolute atomic E-state index is 0.147. The Morgan fingerprint density at radius 2 is 2.18 bits per heavy atom. The van der Waals surface area contributed by atoms with Crippen LogP contribution in [0.4, 0.5) is 4.79 Å². The summed E-state index contributed by atoms with van der Waals surface area (Å²) >= 11 is 0. The van der Waals surface area contributed by atoms with E-state index in [9.17, 15) is 14.4 Å². The van der Waals surface area contributed by atoms with Gasteiger partial charge in [-0.25, -0.2) is 9.69 Å². The van der Waals surface area contributed by atoms with Gasteiger partial charge in [-0.3, -0.25) is 14.9 Å². The van der Waals surface area contributed by atoms with E-state index in [4.69, 9.17) is 5.11 Å². The molecular weight excluding hydrogens is 228 g/mol. The van der Waals surface area contributed by atoms with Crippen molar-refractivity contribution in [2.45, 2.75) is 19.9 Å². The van der Waals surface area contributed by atoms with Gasteiger partial charge in [0.05, 0.1) is 13.1 Å².